The maximum Gasteiger partial charge on any atom is 0.222 e. The number of methoxy groups -OCH3 is 1. The second-order valence-electron chi connectivity index (χ2n) is 8.46. The van der Waals surface area contributed by atoms with Crippen LogP contribution in [0.2, 0.25) is 0 Å². The Morgan fingerprint density at radius 3 is 2.38 bits per heavy atom. The predicted octanol–water partition coefficient (Wildman–Crippen LogP) is 3.30. The Labute approximate surface area is 147 Å². The van der Waals surface area contributed by atoms with Gasteiger partial charge in [-0.15, -0.1) is 0 Å². The quantitative estimate of drug-likeness (QED) is 0.746. The van der Waals surface area contributed by atoms with E-state index < -0.39 is 0 Å². The third kappa shape index (κ3) is 3.96. The molecule has 138 valence electrons. The highest BCUT2D eigenvalue weighted by molar-refractivity contribution is 5.76. The summed E-state index contributed by atoms with van der Waals surface area (Å²) in [6, 6.07) is 1.15. The van der Waals surface area contributed by atoms with Crippen molar-refractivity contribution in [2.75, 3.05) is 26.7 Å². The third-order valence-corrected chi connectivity index (χ3v) is 6.74. The molecular formula is C20H36N2O2. The highest BCUT2D eigenvalue weighted by Gasteiger charge is 2.45. The second-order valence-corrected chi connectivity index (χ2v) is 8.46. The molecule has 1 saturated carbocycles. The molecule has 0 bridgehead atoms. The molecule has 0 aromatic heterocycles. The first-order valence-electron chi connectivity index (χ1n) is 10.2. The van der Waals surface area contributed by atoms with Gasteiger partial charge in [0.05, 0.1) is 6.10 Å². The first kappa shape index (κ1) is 18.2. The summed E-state index contributed by atoms with van der Waals surface area (Å²) in [6.45, 7) is 7.53. The van der Waals surface area contributed by atoms with Crippen LogP contribution in [-0.2, 0) is 9.53 Å². The smallest absolute Gasteiger partial charge is 0.222 e. The standard InChI is InChI=1S/C20H36N2O2/c1-15(2)22-14-18(24-3)20(22)17-10-12-21(13-11-17)19(23)9-8-16-6-4-5-7-16/h15-18,20H,4-14H2,1-3H3/t18-,20-/m0/s1. The number of hydrogen-bond acceptors (Lipinski definition) is 3. The minimum atomic E-state index is 0.391. The van der Waals surface area contributed by atoms with Gasteiger partial charge in [0, 0.05) is 45.2 Å². The second kappa shape index (κ2) is 8.18. The Morgan fingerprint density at radius 2 is 1.79 bits per heavy atom. The van der Waals surface area contributed by atoms with Gasteiger partial charge in [0.15, 0.2) is 0 Å². The van der Waals surface area contributed by atoms with E-state index in [1.807, 2.05) is 7.11 Å². The van der Waals surface area contributed by atoms with E-state index >= 15 is 0 Å². The third-order valence-electron chi connectivity index (χ3n) is 6.74. The molecule has 1 aliphatic carbocycles. The van der Waals surface area contributed by atoms with Gasteiger partial charge in [-0.2, -0.15) is 0 Å². The molecule has 24 heavy (non-hydrogen) atoms. The lowest BCUT2D eigenvalue weighted by Crippen LogP contribution is -2.66. The van der Waals surface area contributed by atoms with Crippen molar-refractivity contribution in [3.8, 4) is 0 Å². The number of nitrogens with zero attached hydrogens (tertiary/aromatic N) is 2. The number of hydrogen-bond donors (Lipinski definition) is 0. The summed E-state index contributed by atoms with van der Waals surface area (Å²) in [5.41, 5.74) is 0. The average molecular weight is 337 g/mol. The van der Waals surface area contributed by atoms with Crippen LogP contribution >= 0.6 is 0 Å². The lowest BCUT2D eigenvalue weighted by molar-refractivity contribution is -0.140. The SMILES string of the molecule is CO[C@H]1CN(C(C)C)[C@H]1C1CCN(C(=O)CCC2CCCC2)CC1. The molecule has 2 atom stereocenters. The fourth-order valence-electron chi connectivity index (χ4n) is 5.13. The average Bonchev–Trinajstić information content (AvgIpc) is 3.06. The number of carbonyl (C=O) groups is 1. The fraction of sp³-hybridized carbons (Fsp3) is 0.950. The van der Waals surface area contributed by atoms with E-state index in [0.717, 1.165) is 51.2 Å². The van der Waals surface area contributed by atoms with Gasteiger partial charge in [0.1, 0.15) is 0 Å². The molecule has 0 N–H and O–H groups in total. The van der Waals surface area contributed by atoms with Crippen molar-refractivity contribution < 1.29 is 9.53 Å². The monoisotopic (exact) mass is 336 g/mol. The number of piperidine rings is 1. The Bertz CT molecular complexity index is 412. The largest absolute Gasteiger partial charge is 0.378 e. The molecule has 1 amide bonds. The number of carbonyl (C=O) groups excluding carboxylic acids is 1. The van der Waals surface area contributed by atoms with E-state index in [1.54, 1.807) is 0 Å². The topological polar surface area (TPSA) is 32.8 Å². The zero-order valence-electron chi connectivity index (χ0n) is 15.9. The molecule has 0 unspecified atom stereocenters. The van der Waals surface area contributed by atoms with E-state index in [-0.39, 0.29) is 0 Å². The summed E-state index contributed by atoms with van der Waals surface area (Å²) < 4.78 is 5.68. The number of rotatable bonds is 6. The minimum absolute atomic E-state index is 0.391. The molecule has 2 aliphatic heterocycles. The molecule has 2 saturated heterocycles. The van der Waals surface area contributed by atoms with Crippen LogP contribution in [0.1, 0.15) is 65.2 Å². The zero-order chi connectivity index (χ0) is 17.1. The summed E-state index contributed by atoms with van der Waals surface area (Å²) >= 11 is 0. The summed E-state index contributed by atoms with van der Waals surface area (Å²) in [7, 11) is 1.84. The van der Waals surface area contributed by atoms with Gasteiger partial charge in [0.2, 0.25) is 5.91 Å². The molecular weight excluding hydrogens is 300 g/mol. The van der Waals surface area contributed by atoms with E-state index in [1.165, 1.54) is 25.7 Å². The molecule has 3 rings (SSSR count). The molecule has 2 heterocycles. The molecule has 0 radical (unpaired) electrons. The Hall–Kier alpha value is -0.610. The lowest BCUT2D eigenvalue weighted by atomic mass is 9.79. The summed E-state index contributed by atoms with van der Waals surface area (Å²) in [5.74, 6) is 1.91. The van der Waals surface area contributed by atoms with Crippen LogP contribution in [0.25, 0.3) is 0 Å². The van der Waals surface area contributed by atoms with Gasteiger partial charge in [-0.05, 0) is 44.9 Å². The van der Waals surface area contributed by atoms with E-state index in [2.05, 4.69) is 23.6 Å². The van der Waals surface area contributed by atoms with Gasteiger partial charge in [-0.3, -0.25) is 9.69 Å². The van der Waals surface area contributed by atoms with Gasteiger partial charge in [0.25, 0.3) is 0 Å². The van der Waals surface area contributed by atoms with Crippen LogP contribution in [0.4, 0.5) is 0 Å². The van der Waals surface area contributed by atoms with Gasteiger partial charge < -0.3 is 9.64 Å². The van der Waals surface area contributed by atoms with Crippen LogP contribution in [0.3, 0.4) is 0 Å². The Kier molecular flexibility index (Phi) is 6.20. The summed E-state index contributed by atoms with van der Waals surface area (Å²) in [6.07, 6.45) is 10.0. The highest BCUT2D eigenvalue weighted by atomic mass is 16.5. The maximum atomic E-state index is 12.5. The van der Waals surface area contributed by atoms with E-state index in [0.29, 0.717) is 30.0 Å². The molecule has 0 spiro atoms. The van der Waals surface area contributed by atoms with Crippen LogP contribution in [0, 0.1) is 11.8 Å². The van der Waals surface area contributed by atoms with Crippen molar-refractivity contribution in [3.05, 3.63) is 0 Å². The van der Waals surface area contributed by atoms with Gasteiger partial charge in [-0.25, -0.2) is 0 Å². The molecule has 0 aromatic rings. The summed E-state index contributed by atoms with van der Waals surface area (Å²) in [4.78, 5) is 17.2. The van der Waals surface area contributed by atoms with Crippen molar-refractivity contribution in [1.82, 2.24) is 9.80 Å². The normalized spacial score (nSPS) is 30.1. The van der Waals surface area contributed by atoms with Crippen molar-refractivity contribution in [3.63, 3.8) is 0 Å². The molecule has 4 heteroatoms. The first-order valence-corrected chi connectivity index (χ1v) is 10.2. The number of likely N-dealkylation sites (tertiary alicyclic amines) is 2. The zero-order valence-corrected chi connectivity index (χ0v) is 15.9. The first-order chi connectivity index (χ1) is 11.6. The van der Waals surface area contributed by atoms with Crippen LogP contribution in [0.5, 0.6) is 0 Å². The Balaban J connectivity index is 1.43. The minimum Gasteiger partial charge on any atom is -0.378 e. The highest BCUT2D eigenvalue weighted by Crippen LogP contribution is 2.35. The summed E-state index contributed by atoms with van der Waals surface area (Å²) in [5, 5.41) is 0. The van der Waals surface area contributed by atoms with Gasteiger partial charge in [-0.1, -0.05) is 25.7 Å². The van der Waals surface area contributed by atoms with Crippen LogP contribution < -0.4 is 0 Å². The van der Waals surface area contributed by atoms with Gasteiger partial charge >= 0.3 is 0 Å². The molecule has 3 aliphatic rings. The van der Waals surface area contributed by atoms with Crippen molar-refractivity contribution in [2.45, 2.75) is 83.4 Å². The van der Waals surface area contributed by atoms with Crippen molar-refractivity contribution >= 4 is 5.91 Å². The maximum absolute atomic E-state index is 12.5. The molecule has 0 aromatic carbocycles. The Morgan fingerprint density at radius 1 is 1.12 bits per heavy atom. The molecule has 4 nitrogen and oxygen atoms in total. The van der Waals surface area contributed by atoms with Crippen molar-refractivity contribution in [2.24, 2.45) is 11.8 Å². The predicted molar refractivity (Wildman–Crippen MR) is 96.9 cm³/mol. The lowest BCUT2D eigenvalue weighted by Gasteiger charge is -2.54. The van der Waals surface area contributed by atoms with Crippen LogP contribution in [-0.4, -0.2) is 60.6 Å². The number of ether oxygens (including phenoxy) is 1. The fourth-order valence-corrected chi connectivity index (χ4v) is 5.13. The van der Waals surface area contributed by atoms with Crippen molar-refractivity contribution in [1.29, 1.82) is 0 Å². The molecule has 3 fully saturated rings. The van der Waals surface area contributed by atoms with E-state index in [4.69, 9.17) is 4.74 Å². The van der Waals surface area contributed by atoms with Crippen LogP contribution in [0.15, 0.2) is 0 Å². The van der Waals surface area contributed by atoms with E-state index in [9.17, 15) is 4.79 Å². The number of amides is 1.